The molecule has 0 N–H and O–H groups in total. The number of hydrogen-bond acceptors (Lipinski definition) is 4. The van der Waals surface area contributed by atoms with Crippen LogP contribution in [0.1, 0.15) is 22.4 Å². The Morgan fingerprint density at radius 2 is 1.93 bits per heavy atom. The van der Waals surface area contributed by atoms with Crippen LogP contribution in [-0.2, 0) is 19.5 Å². The summed E-state index contributed by atoms with van der Waals surface area (Å²) in [7, 11) is 0. The van der Waals surface area contributed by atoms with Crippen LogP contribution >= 0.6 is 0 Å². The second-order valence-corrected chi connectivity index (χ2v) is 6.75. The molecular weight excluding hydrogens is 355 g/mol. The lowest BCUT2D eigenvalue weighted by atomic mass is 9.91. The maximum absolute atomic E-state index is 13.9. The fraction of sp³-hybridized carbons (Fsp3) is 0.130. The van der Waals surface area contributed by atoms with E-state index in [2.05, 4.69) is 22.8 Å². The average Bonchev–Trinajstić information content (AvgIpc) is 3.37. The van der Waals surface area contributed by atoms with Gasteiger partial charge in [0.05, 0.1) is 11.3 Å². The summed E-state index contributed by atoms with van der Waals surface area (Å²) >= 11 is 0. The molecule has 0 spiro atoms. The fourth-order valence-corrected chi connectivity index (χ4v) is 3.67. The van der Waals surface area contributed by atoms with E-state index in [1.165, 1.54) is 5.56 Å². The van der Waals surface area contributed by atoms with Gasteiger partial charge in [-0.2, -0.15) is 0 Å². The number of fused-ring (bicyclic) bond motifs is 3. The molecule has 0 amide bonds. The van der Waals surface area contributed by atoms with Gasteiger partial charge in [-0.15, -0.1) is 0 Å². The van der Waals surface area contributed by atoms with Crippen molar-refractivity contribution in [3.05, 3.63) is 77.5 Å². The normalized spacial score (nSPS) is 12.5. The molecule has 0 atom stereocenters. The highest BCUT2D eigenvalue weighted by atomic mass is 19.1. The number of alkyl halides is 1. The predicted octanol–water partition coefficient (Wildman–Crippen LogP) is 5.87. The van der Waals surface area contributed by atoms with Crippen molar-refractivity contribution in [1.29, 1.82) is 0 Å². The summed E-state index contributed by atoms with van der Waals surface area (Å²) in [6, 6.07) is 15.5. The molecule has 0 saturated carbocycles. The average molecular weight is 372 g/mol. The quantitative estimate of drug-likeness (QED) is 0.449. The maximum Gasteiger partial charge on any atom is 0.249 e. The number of aromatic nitrogens is 2. The minimum Gasteiger partial charge on any atom is -0.434 e. The summed E-state index contributed by atoms with van der Waals surface area (Å²) in [5, 5.41) is 4.08. The monoisotopic (exact) mass is 372 g/mol. The van der Waals surface area contributed by atoms with Crippen molar-refractivity contribution in [3.63, 3.8) is 0 Å². The van der Waals surface area contributed by atoms with Crippen LogP contribution in [0.25, 0.3) is 40.3 Å². The smallest absolute Gasteiger partial charge is 0.249 e. The molecule has 0 aliphatic heterocycles. The van der Waals surface area contributed by atoms with Gasteiger partial charge in [-0.25, -0.2) is 9.37 Å². The largest absolute Gasteiger partial charge is 0.434 e. The molecule has 5 heteroatoms. The maximum atomic E-state index is 13.9. The van der Waals surface area contributed by atoms with E-state index in [1.807, 2.05) is 48.5 Å². The van der Waals surface area contributed by atoms with Crippen LogP contribution in [0.4, 0.5) is 4.39 Å². The van der Waals surface area contributed by atoms with E-state index in [4.69, 9.17) is 8.94 Å². The lowest BCUT2D eigenvalue weighted by Gasteiger charge is -2.14. The molecule has 0 saturated heterocycles. The molecule has 2 heterocycles. The summed E-state index contributed by atoms with van der Waals surface area (Å²) in [5.74, 6) is 1.43. The Labute approximate surface area is 161 Å². The Balaban J connectivity index is 1.60. The van der Waals surface area contributed by atoms with Crippen LogP contribution in [-0.4, -0.2) is 10.1 Å². The van der Waals surface area contributed by atoms with Crippen molar-refractivity contribution in [3.8, 4) is 34.2 Å². The topological polar surface area (TPSA) is 52.1 Å². The van der Waals surface area contributed by atoms with Crippen molar-refractivity contribution in [2.45, 2.75) is 19.5 Å². The Hall–Kier alpha value is -3.47. The summed E-state index contributed by atoms with van der Waals surface area (Å²) in [5.41, 5.74) is 5.59. The van der Waals surface area contributed by atoms with Gasteiger partial charge in [0.2, 0.25) is 5.89 Å². The van der Waals surface area contributed by atoms with Crippen LogP contribution < -0.4 is 0 Å². The van der Waals surface area contributed by atoms with Crippen molar-refractivity contribution >= 4 is 6.08 Å². The third-order valence-corrected chi connectivity index (χ3v) is 5.10. The van der Waals surface area contributed by atoms with Gasteiger partial charge in [0.15, 0.2) is 17.2 Å². The second-order valence-electron chi connectivity index (χ2n) is 6.75. The van der Waals surface area contributed by atoms with Crippen molar-refractivity contribution < 1.29 is 13.3 Å². The molecular formula is C23H17FN2O2. The predicted molar refractivity (Wildman–Crippen MR) is 105 cm³/mol. The number of oxazole rings is 1. The lowest BCUT2D eigenvalue weighted by Crippen LogP contribution is -2.02. The van der Waals surface area contributed by atoms with Gasteiger partial charge in [-0.1, -0.05) is 66.3 Å². The molecule has 2 aromatic heterocycles. The van der Waals surface area contributed by atoms with Crippen LogP contribution in [0.2, 0.25) is 0 Å². The van der Waals surface area contributed by atoms with E-state index in [0.717, 1.165) is 41.0 Å². The number of rotatable bonds is 4. The number of benzene rings is 2. The van der Waals surface area contributed by atoms with E-state index in [-0.39, 0.29) is 0 Å². The third kappa shape index (κ3) is 2.59. The van der Waals surface area contributed by atoms with Gasteiger partial charge in [0.1, 0.15) is 6.67 Å². The highest BCUT2D eigenvalue weighted by Gasteiger charge is 2.27. The number of halogens is 1. The molecule has 0 fully saturated rings. The molecule has 138 valence electrons. The van der Waals surface area contributed by atoms with Gasteiger partial charge >= 0.3 is 0 Å². The van der Waals surface area contributed by atoms with Gasteiger partial charge in [-0.3, -0.25) is 0 Å². The number of hydrogen-bond donors (Lipinski definition) is 0. The van der Waals surface area contributed by atoms with Crippen LogP contribution in [0.3, 0.4) is 0 Å². The third-order valence-electron chi connectivity index (χ3n) is 5.10. The van der Waals surface area contributed by atoms with Crippen LogP contribution in [0, 0.1) is 0 Å². The summed E-state index contributed by atoms with van der Waals surface area (Å²) in [6.07, 6.45) is 3.47. The lowest BCUT2D eigenvalue weighted by molar-refractivity contribution is 0.427. The summed E-state index contributed by atoms with van der Waals surface area (Å²) in [4.78, 5) is 4.60. The summed E-state index contributed by atoms with van der Waals surface area (Å²) in [6.45, 7) is 3.11. The van der Waals surface area contributed by atoms with Gasteiger partial charge in [-0.05, 0) is 24.0 Å². The van der Waals surface area contributed by atoms with E-state index in [9.17, 15) is 4.39 Å². The molecule has 28 heavy (non-hydrogen) atoms. The zero-order valence-electron chi connectivity index (χ0n) is 15.1. The first-order chi connectivity index (χ1) is 13.8. The highest BCUT2D eigenvalue weighted by Crippen LogP contribution is 2.39. The fourth-order valence-electron chi connectivity index (χ4n) is 3.67. The molecule has 5 rings (SSSR count). The SMILES string of the molecule is C=Cc1ccc2c(c1)CCc1nc(-c3noc(-c4ccccc4)c3CF)oc1-2. The minimum atomic E-state index is -0.713. The van der Waals surface area contributed by atoms with E-state index in [1.54, 1.807) is 0 Å². The molecule has 4 aromatic rings. The number of nitrogens with zero attached hydrogens (tertiary/aromatic N) is 2. The van der Waals surface area contributed by atoms with Crippen LogP contribution in [0.15, 0.2) is 64.1 Å². The first-order valence-electron chi connectivity index (χ1n) is 9.14. The molecule has 0 bridgehead atoms. The van der Waals surface area contributed by atoms with Crippen LogP contribution in [0.5, 0.6) is 0 Å². The van der Waals surface area contributed by atoms with E-state index < -0.39 is 6.67 Å². The Kier molecular flexibility index (Phi) is 3.93. The Bertz CT molecular complexity index is 1170. The van der Waals surface area contributed by atoms with Crippen molar-refractivity contribution in [2.24, 2.45) is 0 Å². The Morgan fingerprint density at radius 1 is 1.07 bits per heavy atom. The second kappa shape index (κ2) is 6.60. The summed E-state index contributed by atoms with van der Waals surface area (Å²) < 4.78 is 25.4. The van der Waals surface area contributed by atoms with E-state index >= 15 is 0 Å². The minimum absolute atomic E-state index is 0.296. The van der Waals surface area contributed by atoms with Gasteiger partial charge < -0.3 is 8.94 Å². The molecule has 1 aliphatic rings. The zero-order valence-corrected chi connectivity index (χ0v) is 15.1. The molecule has 4 nitrogen and oxygen atoms in total. The van der Waals surface area contributed by atoms with Gasteiger partial charge in [0, 0.05) is 11.1 Å². The number of aryl methyl sites for hydroxylation is 2. The highest BCUT2D eigenvalue weighted by molar-refractivity contribution is 5.73. The molecule has 0 unspecified atom stereocenters. The Morgan fingerprint density at radius 3 is 2.71 bits per heavy atom. The first kappa shape index (κ1) is 16.7. The molecule has 1 aliphatic carbocycles. The van der Waals surface area contributed by atoms with Crippen molar-refractivity contribution in [2.75, 3.05) is 0 Å². The molecule has 2 aromatic carbocycles. The first-order valence-corrected chi connectivity index (χ1v) is 9.14. The molecule has 0 radical (unpaired) electrons. The van der Waals surface area contributed by atoms with Crippen molar-refractivity contribution in [1.82, 2.24) is 10.1 Å². The van der Waals surface area contributed by atoms with Gasteiger partial charge in [0.25, 0.3) is 0 Å². The zero-order chi connectivity index (χ0) is 19.1. The van der Waals surface area contributed by atoms with E-state index in [0.29, 0.717) is 22.9 Å². The standard InChI is InChI=1S/C23H17FN2O2/c1-2-14-8-10-17-16(12-14)9-11-19-22(17)27-23(25-19)20-18(13-24)21(28-26-20)15-6-4-3-5-7-15/h2-8,10,12H,1,9,11,13H2.